The van der Waals surface area contributed by atoms with E-state index in [1.54, 1.807) is 0 Å². The average Bonchev–Trinajstić information content (AvgIpc) is 2.38. The molecule has 4 atom stereocenters. The molecule has 106 valence electrons. The van der Waals surface area contributed by atoms with Crippen molar-refractivity contribution in [2.45, 2.75) is 31.6 Å². The third kappa shape index (κ3) is 3.65. The van der Waals surface area contributed by atoms with Gasteiger partial charge in [0.05, 0.1) is 25.4 Å². The number of rotatable bonds is 4. The lowest BCUT2D eigenvalue weighted by Crippen LogP contribution is -2.53. The van der Waals surface area contributed by atoms with Crippen LogP contribution in [0.5, 0.6) is 0 Å². The maximum absolute atomic E-state index is 9.24. The molecule has 18 heavy (non-hydrogen) atoms. The zero-order valence-electron chi connectivity index (χ0n) is 11.5. The normalized spacial score (nSPS) is 38.8. The third-order valence-corrected chi connectivity index (χ3v) is 3.94. The molecule has 0 spiro atoms. The molecule has 0 amide bonds. The van der Waals surface area contributed by atoms with Crippen molar-refractivity contribution in [3.63, 3.8) is 0 Å². The van der Waals surface area contributed by atoms with Crippen molar-refractivity contribution < 1.29 is 14.6 Å². The van der Waals surface area contributed by atoms with Gasteiger partial charge >= 0.3 is 0 Å². The van der Waals surface area contributed by atoms with Gasteiger partial charge in [0.2, 0.25) is 0 Å². The molecule has 4 unspecified atom stereocenters. The molecule has 0 aromatic rings. The SMILES string of the molecule is CNC1CCOCC1CN1CC(C)OC(CO)C1. The average molecular weight is 258 g/mol. The minimum Gasteiger partial charge on any atom is -0.394 e. The largest absolute Gasteiger partial charge is 0.394 e. The van der Waals surface area contributed by atoms with E-state index in [0.717, 1.165) is 39.3 Å². The van der Waals surface area contributed by atoms with Crippen LogP contribution in [0.25, 0.3) is 0 Å². The van der Waals surface area contributed by atoms with Crippen molar-refractivity contribution in [3.8, 4) is 0 Å². The van der Waals surface area contributed by atoms with Gasteiger partial charge in [0.15, 0.2) is 0 Å². The Bertz CT molecular complexity index is 252. The molecule has 2 saturated heterocycles. The van der Waals surface area contributed by atoms with Gasteiger partial charge < -0.3 is 19.9 Å². The molecule has 2 N–H and O–H groups in total. The van der Waals surface area contributed by atoms with Crippen LogP contribution < -0.4 is 5.32 Å². The first-order valence-electron chi connectivity index (χ1n) is 6.96. The monoisotopic (exact) mass is 258 g/mol. The van der Waals surface area contributed by atoms with E-state index in [4.69, 9.17) is 9.47 Å². The molecular weight excluding hydrogens is 232 g/mol. The van der Waals surface area contributed by atoms with Crippen molar-refractivity contribution >= 4 is 0 Å². The standard InChI is InChI=1S/C13H26N2O3/c1-10-5-15(7-12(8-16)18-10)6-11-9-17-4-3-13(11)14-2/h10-14,16H,3-9H2,1-2H3. The topological polar surface area (TPSA) is 54.0 Å². The van der Waals surface area contributed by atoms with Gasteiger partial charge in [-0.25, -0.2) is 0 Å². The van der Waals surface area contributed by atoms with E-state index in [1.165, 1.54) is 0 Å². The summed E-state index contributed by atoms with van der Waals surface area (Å²) in [5, 5.41) is 12.6. The molecule has 0 bridgehead atoms. The van der Waals surface area contributed by atoms with Crippen LogP contribution >= 0.6 is 0 Å². The Morgan fingerprint density at radius 1 is 1.39 bits per heavy atom. The summed E-state index contributed by atoms with van der Waals surface area (Å²) < 4.78 is 11.3. The molecule has 2 rings (SSSR count). The maximum atomic E-state index is 9.24. The minimum absolute atomic E-state index is 0.0358. The van der Waals surface area contributed by atoms with E-state index in [1.807, 2.05) is 7.05 Å². The minimum atomic E-state index is -0.0358. The van der Waals surface area contributed by atoms with E-state index in [9.17, 15) is 5.11 Å². The summed E-state index contributed by atoms with van der Waals surface area (Å²) in [7, 11) is 2.03. The van der Waals surface area contributed by atoms with Crippen molar-refractivity contribution in [1.29, 1.82) is 0 Å². The Morgan fingerprint density at radius 2 is 2.22 bits per heavy atom. The molecule has 2 heterocycles. The summed E-state index contributed by atoms with van der Waals surface area (Å²) in [6.07, 6.45) is 1.25. The summed E-state index contributed by atoms with van der Waals surface area (Å²) in [5.74, 6) is 0.536. The van der Waals surface area contributed by atoms with E-state index in [2.05, 4.69) is 17.1 Å². The van der Waals surface area contributed by atoms with Crippen LogP contribution in [0.3, 0.4) is 0 Å². The van der Waals surface area contributed by atoms with Gasteiger partial charge in [-0.1, -0.05) is 0 Å². The van der Waals surface area contributed by atoms with Crippen LogP contribution in [0.15, 0.2) is 0 Å². The molecule has 0 aromatic carbocycles. The van der Waals surface area contributed by atoms with Crippen LogP contribution in [0, 0.1) is 5.92 Å². The molecule has 0 aromatic heterocycles. The van der Waals surface area contributed by atoms with Crippen molar-refractivity contribution in [1.82, 2.24) is 10.2 Å². The number of morpholine rings is 1. The molecule has 5 heteroatoms. The van der Waals surface area contributed by atoms with E-state index in [0.29, 0.717) is 12.0 Å². The van der Waals surface area contributed by atoms with Crippen LogP contribution in [0.1, 0.15) is 13.3 Å². The first-order valence-corrected chi connectivity index (χ1v) is 6.96. The lowest BCUT2D eigenvalue weighted by atomic mass is 9.95. The fraction of sp³-hybridized carbons (Fsp3) is 1.00. The predicted octanol–water partition coefficient (Wildman–Crippen LogP) is -0.307. The second kappa shape index (κ2) is 6.82. The van der Waals surface area contributed by atoms with Crippen LogP contribution in [0.4, 0.5) is 0 Å². The molecule has 0 radical (unpaired) electrons. The highest BCUT2D eigenvalue weighted by Crippen LogP contribution is 2.19. The number of ether oxygens (including phenoxy) is 2. The van der Waals surface area contributed by atoms with Gasteiger partial charge in [-0.2, -0.15) is 0 Å². The number of nitrogens with one attached hydrogen (secondary N) is 1. The summed E-state index contributed by atoms with van der Waals surface area (Å²) >= 11 is 0. The predicted molar refractivity (Wildman–Crippen MR) is 69.6 cm³/mol. The van der Waals surface area contributed by atoms with Gasteiger partial charge in [0.25, 0.3) is 0 Å². The van der Waals surface area contributed by atoms with E-state index < -0.39 is 0 Å². The Hall–Kier alpha value is -0.200. The fourth-order valence-electron chi connectivity index (χ4n) is 3.08. The van der Waals surface area contributed by atoms with E-state index in [-0.39, 0.29) is 18.8 Å². The van der Waals surface area contributed by atoms with Crippen molar-refractivity contribution in [3.05, 3.63) is 0 Å². The summed E-state index contributed by atoms with van der Waals surface area (Å²) in [5.41, 5.74) is 0. The first-order chi connectivity index (χ1) is 8.72. The van der Waals surface area contributed by atoms with Gasteiger partial charge in [0.1, 0.15) is 0 Å². The molecule has 2 aliphatic rings. The second-order valence-corrected chi connectivity index (χ2v) is 5.49. The quantitative estimate of drug-likeness (QED) is 0.725. The first kappa shape index (κ1) is 14.2. The third-order valence-electron chi connectivity index (χ3n) is 3.94. The van der Waals surface area contributed by atoms with Crippen molar-refractivity contribution in [2.75, 3.05) is 46.5 Å². The highest BCUT2D eigenvalue weighted by Gasteiger charge is 2.30. The fourth-order valence-corrected chi connectivity index (χ4v) is 3.08. The van der Waals surface area contributed by atoms with Crippen LogP contribution in [-0.4, -0.2) is 74.8 Å². The Kier molecular flexibility index (Phi) is 5.38. The van der Waals surface area contributed by atoms with Gasteiger partial charge in [-0.15, -0.1) is 0 Å². The zero-order chi connectivity index (χ0) is 13.0. The summed E-state index contributed by atoms with van der Waals surface area (Å²) in [6.45, 7) is 6.67. The van der Waals surface area contributed by atoms with Crippen molar-refractivity contribution in [2.24, 2.45) is 5.92 Å². The number of hydrogen-bond acceptors (Lipinski definition) is 5. The van der Waals surface area contributed by atoms with Gasteiger partial charge in [-0.05, 0) is 20.4 Å². The van der Waals surface area contributed by atoms with Gasteiger partial charge in [0, 0.05) is 38.2 Å². The Morgan fingerprint density at radius 3 is 2.94 bits per heavy atom. The number of aliphatic hydroxyl groups excluding tert-OH is 1. The molecule has 2 fully saturated rings. The Labute approximate surface area is 109 Å². The lowest BCUT2D eigenvalue weighted by Gasteiger charge is -2.40. The molecule has 0 aliphatic carbocycles. The maximum Gasteiger partial charge on any atom is 0.0936 e. The number of hydrogen-bond donors (Lipinski definition) is 2. The number of aliphatic hydroxyl groups is 1. The molecule has 2 aliphatic heterocycles. The molecule has 5 nitrogen and oxygen atoms in total. The number of nitrogens with zero attached hydrogens (tertiary/aromatic N) is 1. The molecule has 0 saturated carbocycles. The lowest BCUT2D eigenvalue weighted by molar-refractivity contribution is -0.103. The van der Waals surface area contributed by atoms with Crippen LogP contribution in [-0.2, 0) is 9.47 Å². The second-order valence-electron chi connectivity index (χ2n) is 5.49. The summed E-state index contributed by atoms with van der Waals surface area (Å²) in [6, 6.07) is 0.546. The molecular formula is C13H26N2O3. The highest BCUT2D eigenvalue weighted by atomic mass is 16.5. The zero-order valence-corrected chi connectivity index (χ0v) is 11.5. The van der Waals surface area contributed by atoms with Gasteiger partial charge in [-0.3, -0.25) is 4.90 Å². The highest BCUT2D eigenvalue weighted by molar-refractivity contribution is 4.84. The summed E-state index contributed by atoms with van der Waals surface area (Å²) in [4.78, 5) is 2.40. The van der Waals surface area contributed by atoms with Crippen LogP contribution in [0.2, 0.25) is 0 Å². The Balaban J connectivity index is 1.86. The van der Waals surface area contributed by atoms with E-state index >= 15 is 0 Å². The smallest absolute Gasteiger partial charge is 0.0936 e.